The van der Waals surface area contributed by atoms with Gasteiger partial charge in [0.15, 0.2) is 0 Å². The van der Waals surface area contributed by atoms with Crippen LogP contribution in [0.1, 0.15) is 30.3 Å². The molecule has 0 aliphatic heterocycles. The Labute approximate surface area is 139 Å². The highest BCUT2D eigenvalue weighted by Crippen LogP contribution is 2.26. The van der Waals surface area contributed by atoms with Crippen molar-refractivity contribution in [2.45, 2.75) is 19.8 Å². The van der Waals surface area contributed by atoms with E-state index in [1.807, 2.05) is 6.07 Å². The van der Waals surface area contributed by atoms with E-state index in [0.717, 1.165) is 24.2 Å². The molecule has 0 aliphatic carbocycles. The van der Waals surface area contributed by atoms with E-state index in [-0.39, 0.29) is 5.91 Å². The van der Waals surface area contributed by atoms with Gasteiger partial charge in [-0.25, -0.2) is 4.98 Å². The van der Waals surface area contributed by atoms with Crippen LogP contribution in [0.25, 0.3) is 0 Å². The van der Waals surface area contributed by atoms with Crippen molar-refractivity contribution in [1.29, 1.82) is 0 Å². The van der Waals surface area contributed by atoms with Gasteiger partial charge in [-0.2, -0.15) is 0 Å². The minimum Gasteiger partial charge on any atom is -0.354 e. The maximum absolute atomic E-state index is 11.8. The van der Waals surface area contributed by atoms with E-state index in [1.165, 1.54) is 0 Å². The average molecular weight is 338 g/mol. The van der Waals surface area contributed by atoms with Gasteiger partial charge in [-0.3, -0.25) is 4.79 Å². The second-order valence-corrected chi connectivity index (χ2v) is 5.61. The summed E-state index contributed by atoms with van der Waals surface area (Å²) < 4.78 is 0. The van der Waals surface area contributed by atoms with E-state index in [2.05, 4.69) is 22.5 Å². The smallest absolute Gasteiger partial charge is 0.269 e. The van der Waals surface area contributed by atoms with Crippen molar-refractivity contribution in [3.05, 3.63) is 52.3 Å². The summed E-state index contributed by atoms with van der Waals surface area (Å²) in [6.45, 7) is 2.74. The molecule has 4 nitrogen and oxygen atoms in total. The number of pyridine rings is 1. The van der Waals surface area contributed by atoms with Gasteiger partial charge in [0.05, 0.1) is 21.9 Å². The van der Waals surface area contributed by atoms with Gasteiger partial charge >= 0.3 is 0 Å². The highest BCUT2D eigenvalue weighted by Gasteiger charge is 2.06. The van der Waals surface area contributed by atoms with Gasteiger partial charge in [-0.05, 0) is 36.8 Å². The van der Waals surface area contributed by atoms with E-state index in [9.17, 15) is 4.79 Å². The monoisotopic (exact) mass is 337 g/mol. The third-order valence-corrected chi connectivity index (χ3v) is 3.76. The lowest BCUT2D eigenvalue weighted by molar-refractivity contribution is 0.0948. The minimum absolute atomic E-state index is 0.158. The Kier molecular flexibility index (Phi) is 6.04. The number of unbranched alkanes of at least 4 members (excludes halogenated alkanes) is 1. The Hall–Kier alpha value is -1.78. The Morgan fingerprint density at radius 1 is 1.14 bits per heavy atom. The van der Waals surface area contributed by atoms with Crippen molar-refractivity contribution < 1.29 is 4.79 Å². The summed E-state index contributed by atoms with van der Waals surface area (Å²) >= 11 is 11.8. The maximum atomic E-state index is 11.8. The van der Waals surface area contributed by atoms with E-state index >= 15 is 0 Å². The fourth-order valence-corrected chi connectivity index (χ4v) is 2.11. The lowest BCUT2D eigenvalue weighted by Crippen LogP contribution is -2.25. The molecule has 0 saturated carbocycles. The topological polar surface area (TPSA) is 54.0 Å². The first-order chi connectivity index (χ1) is 10.6. The summed E-state index contributed by atoms with van der Waals surface area (Å²) in [5, 5.41) is 6.96. The molecule has 1 amide bonds. The molecule has 0 atom stereocenters. The number of nitrogens with one attached hydrogen (secondary N) is 2. The van der Waals surface area contributed by atoms with Gasteiger partial charge in [-0.1, -0.05) is 36.5 Å². The Balaban J connectivity index is 1.99. The zero-order valence-corrected chi connectivity index (χ0v) is 13.7. The molecule has 1 aromatic carbocycles. The molecule has 6 heteroatoms. The number of hydrogen-bond donors (Lipinski definition) is 2. The number of amides is 1. The molecule has 1 heterocycles. The van der Waals surface area contributed by atoms with Crippen molar-refractivity contribution in [3.8, 4) is 0 Å². The van der Waals surface area contributed by atoms with Crippen LogP contribution >= 0.6 is 23.2 Å². The van der Waals surface area contributed by atoms with Crippen LogP contribution in [0.5, 0.6) is 0 Å². The minimum atomic E-state index is -0.158. The summed E-state index contributed by atoms with van der Waals surface area (Å²) in [5.41, 5.74) is 1.97. The lowest BCUT2D eigenvalue weighted by atomic mass is 10.2. The number of carbonyl (C=O) groups is 1. The standard InChI is InChI=1S/C16H17Cl2N3O/c1-2-3-8-19-16(22)15-7-5-12(10-20-15)21-11-4-6-13(17)14(18)9-11/h4-7,9-10,21H,2-3,8H2,1H3,(H,19,22). The summed E-state index contributed by atoms with van der Waals surface area (Å²) in [4.78, 5) is 16.0. The first-order valence-electron chi connectivity index (χ1n) is 7.06. The van der Waals surface area contributed by atoms with Crippen LogP contribution in [0.4, 0.5) is 11.4 Å². The second-order valence-electron chi connectivity index (χ2n) is 4.80. The Morgan fingerprint density at radius 3 is 2.55 bits per heavy atom. The molecule has 2 N–H and O–H groups in total. The molecule has 0 unspecified atom stereocenters. The maximum Gasteiger partial charge on any atom is 0.269 e. The van der Waals surface area contributed by atoms with Crippen LogP contribution in [0.2, 0.25) is 10.0 Å². The fraction of sp³-hybridized carbons (Fsp3) is 0.250. The van der Waals surface area contributed by atoms with Crippen LogP contribution in [0.3, 0.4) is 0 Å². The first kappa shape index (κ1) is 16.6. The number of aromatic nitrogens is 1. The number of benzene rings is 1. The Bertz CT molecular complexity index is 644. The van der Waals surface area contributed by atoms with Crippen molar-refractivity contribution in [2.24, 2.45) is 0 Å². The highest BCUT2D eigenvalue weighted by atomic mass is 35.5. The fourth-order valence-electron chi connectivity index (χ4n) is 1.81. The predicted octanol–water partition coefficient (Wildman–Crippen LogP) is 4.66. The van der Waals surface area contributed by atoms with Crippen LogP contribution < -0.4 is 10.6 Å². The molecule has 0 radical (unpaired) electrons. The lowest BCUT2D eigenvalue weighted by Gasteiger charge is -2.08. The van der Waals surface area contributed by atoms with Gasteiger partial charge in [0, 0.05) is 12.2 Å². The van der Waals surface area contributed by atoms with Crippen LogP contribution in [0.15, 0.2) is 36.5 Å². The SMILES string of the molecule is CCCCNC(=O)c1ccc(Nc2ccc(Cl)c(Cl)c2)cn1. The number of nitrogens with zero attached hydrogens (tertiary/aromatic N) is 1. The molecule has 2 rings (SSSR count). The third kappa shape index (κ3) is 4.61. The Morgan fingerprint density at radius 2 is 1.91 bits per heavy atom. The molecule has 116 valence electrons. The van der Waals surface area contributed by atoms with E-state index < -0.39 is 0 Å². The molecule has 2 aromatic rings. The van der Waals surface area contributed by atoms with Gasteiger partial charge in [-0.15, -0.1) is 0 Å². The normalized spacial score (nSPS) is 10.3. The first-order valence-corrected chi connectivity index (χ1v) is 7.82. The molecule has 0 aliphatic rings. The number of rotatable bonds is 6. The second kappa shape index (κ2) is 8.01. The predicted molar refractivity (Wildman–Crippen MR) is 91.2 cm³/mol. The van der Waals surface area contributed by atoms with Gasteiger partial charge in [0.25, 0.3) is 5.91 Å². The van der Waals surface area contributed by atoms with E-state index in [1.54, 1.807) is 30.5 Å². The molecule has 0 bridgehead atoms. The van der Waals surface area contributed by atoms with Gasteiger partial charge < -0.3 is 10.6 Å². The molecular formula is C16H17Cl2N3O. The molecule has 1 aromatic heterocycles. The van der Waals surface area contributed by atoms with Crippen molar-refractivity contribution in [2.75, 3.05) is 11.9 Å². The molecule has 22 heavy (non-hydrogen) atoms. The van der Waals surface area contributed by atoms with Gasteiger partial charge in [0.1, 0.15) is 5.69 Å². The quantitative estimate of drug-likeness (QED) is 0.753. The summed E-state index contributed by atoms with van der Waals surface area (Å²) in [6.07, 6.45) is 3.61. The number of anilines is 2. The van der Waals surface area contributed by atoms with Crippen LogP contribution in [-0.4, -0.2) is 17.4 Å². The van der Waals surface area contributed by atoms with E-state index in [0.29, 0.717) is 22.3 Å². The largest absolute Gasteiger partial charge is 0.354 e. The highest BCUT2D eigenvalue weighted by molar-refractivity contribution is 6.42. The van der Waals surface area contributed by atoms with Crippen LogP contribution in [0, 0.1) is 0 Å². The third-order valence-electron chi connectivity index (χ3n) is 3.02. The van der Waals surface area contributed by atoms with Crippen molar-refractivity contribution in [1.82, 2.24) is 10.3 Å². The van der Waals surface area contributed by atoms with Gasteiger partial charge in [0.2, 0.25) is 0 Å². The van der Waals surface area contributed by atoms with E-state index in [4.69, 9.17) is 23.2 Å². The zero-order valence-electron chi connectivity index (χ0n) is 12.2. The molecule has 0 saturated heterocycles. The number of hydrogen-bond acceptors (Lipinski definition) is 3. The molecule has 0 spiro atoms. The zero-order chi connectivity index (χ0) is 15.9. The van der Waals surface area contributed by atoms with Crippen LogP contribution in [-0.2, 0) is 0 Å². The number of carbonyl (C=O) groups excluding carboxylic acids is 1. The summed E-state index contributed by atoms with van der Waals surface area (Å²) in [7, 11) is 0. The number of halogens is 2. The molecular weight excluding hydrogens is 321 g/mol. The average Bonchev–Trinajstić information content (AvgIpc) is 2.52. The molecule has 0 fully saturated rings. The van der Waals surface area contributed by atoms with Crippen molar-refractivity contribution in [3.63, 3.8) is 0 Å². The van der Waals surface area contributed by atoms with Crippen molar-refractivity contribution >= 4 is 40.5 Å². The summed E-state index contributed by atoms with van der Waals surface area (Å²) in [5.74, 6) is -0.158. The summed E-state index contributed by atoms with van der Waals surface area (Å²) in [6, 6.07) is 8.75.